The first-order chi connectivity index (χ1) is 12.3. The lowest BCUT2D eigenvalue weighted by atomic mass is 10.1. The molecule has 1 unspecified atom stereocenters. The molecule has 25 heavy (non-hydrogen) atoms. The molecule has 0 aromatic rings. The smallest absolute Gasteiger partial charge is 0.100 e. The van der Waals surface area contributed by atoms with Gasteiger partial charge in [-0.15, -0.1) is 0 Å². The van der Waals surface area contributed by atoms with Crippen molar-refractivity contribution in [2.45, 2.75) is 123 Å². The van der Waals surface area contributed by atoms with E-state index in [1.54, 1.807) is 0 Å². The van der Waals surface area contributed by atoms with Gasteiger partial charge in [0.1, 0.15) is 6.17 Å². The first kappa shape index (κ1) is 22.4. The Labute approximate surface area is 159 Å². The second-order valence-electron chi connectivity index (χ2n) is 8.07. The maximum absolute atomic E-state index is 2.59. The van der Waals surface area contributed by atoms with Crippen molar-refractivity contribution in [3.63, 3.8) is 0 Å². The van der Waals surface area contributed by atoms with Crippen LogP contribution in [0.4, 0.5) is 0 Å². The van der Waals surface area contributed by atoms with Gasteiger partial charge in [0, 0.05) is 26.0 Å². The SMILES string of the molecule is CCCCCCCCCCC1N(C)C=CN1CCCCCCCCC. The highest BCUT2D eigenvalue weighted by Gasteiger charge is 2.22. The van der Waals surface area contributed by atoms with Crippen molar-refractivity contribution in [3.05, 3.63) is 12.4 Å². The average Bonchev–Trinajstić information content (AvgIpc) is 2.96. The van der Waals surface area contributed by atoms with Gasteiger partial charge in [-0.2, -0.15) is 0 Å². The topological polar surface area (TPSA) is 6.48 Å². The molecule has 0 saturated carbocycles. The van der Waals surface area contributed by atoms with Crippen LogP contribution in [0.1, 0.15) is 117 Å². The molecule has 1 heterocycles. The van der Waals surface area contributed by atoms with Gasteiger partial charge in [-0.25, -0.2) is 0 Å². The van der Waals surface area contributed by atoms with E-state index in [9.17, 15) is 0 Å². The third kappa shape index (κ3) is 10.8. The van der Waals surface area contributed by atoms with Gasteiger partial charge in [-0.1, -0.05) is 97.3 Å². The van der Waals surface area contributed by atoms with Gasteiger partial charge in [-0.3, -0.25) is 0 Å². The monoisotopic (exact) mass is 350 g/mol. The van der Waals surface area contributed by atoms with E-state index in [1.807, 2.05) is 0 Å². The van der Waals surface area contributed by atoms with Gasteiger partial charge in [0.15, 0.2) is 0 Å². The summed E-state index contributed by atoms with van der Waals surface area (Å²) in [4.78, 5) is 5.01. The van der Waals surface area contributed by atoms with Crippen molar-refractivity contribution in [2.75, 3.05) is 13.6 Å². The molecule has 2 heteroatoms. The van der Waals surface area contributed by atoms with E-state index in [0.29, 0.717) is 6.17 Å². The Bertz CT molecular complexity index is 313. The van der Waals surface area contributed by atoms with Crippen molar-refractivity contribution in [3.8, 4) is 0 Å². The van der Waals surface area contributed by atoms with Crippen LogP contribution >= 0.6 is 0 Å². The van der Waals surface area contributed by atoms with E-state index >= 15 is 0 Å². The molecule has 0 radical (unpaired) electrons. The first-order valence-electron chi connectivity index (χ1n) is 11.5. The van der Waals surface area contributed by atoms with E-state index in [4.69, 9.17) is 0 Å². The predicted molar refractivity (Wildman–Crippen MR) is 113 cm³/mol. The third-order valence-corrected chi connectivity index (χ3v) is 5.68. The molecule has 1 aliphatic heterocycles. The molecule has 148 valence electrons. The minimum absolute atomic E-state index is 0.625. The molecule has 0 saturated heterocycles. The van der Waals surface area contributed by atoms with Gasteiger partial charge in [0.05, 0.1) is 0 Å². The van der Waals surface area contributed by atoms with Crippen LogP contribution in [0.3, 0.4) is 0 Å². The van der Waals surface area contributed by atoms with E-state index in [0.717, 1.165) is 0 Å². The summed E-state index contributed by atoms with van der Waals surface area (Å²) in [5, 5.41) is 0. The van der Waals surface area contributed by atoms with Crippen LogP contribution in [0.25, 0.3) is 0 Å². The summed E-state index contributed by atoms with van der Waals surface area (Å²) in [7, 11) is 2.25. The third-order valence-electron chi connectivity index (χ3n) is 5.68. The molecule has 2 nitrogen and oxygen atoms in total. The standard InChI is InChI=1S/C23H46N2/c1-4-6-8-10-12-13-15-17-19-23-24(3)21-22-25(23)20-18-16-14-11-9-7-5-2/h21-23H,4-20H2,1-3H3. The van der Waals surface area contributed by atoms with Gasteiger partial charge in [0.2, 0.25) is 0 Å². The Morgan fingerprint density at radius 1 is 0.600 bits per heavy atom. The van der Waals surface area contributed by atoms with Crippen LogP contribution in [0.2, 0.25) is 0 Å². The molecule has 0 aliphatic carbocycles. The Hall–Kier alpha value is -0.660. The lowest BCUT2D eigenvalue weighted by molar-refractivity contribution is 0.159. The number of hydrogen-bond donors (Lipinski definition) is 0. The molecule has 0 amide bonds. The quantitative estimate of drug-likeness (QED) is 0.254. The predicted octanol–water partition coefficient (Wildman–Crippen LogP) is 7.31. The minimum atomic E-state index is 0.625. The molecular formula is C23H46N2. The Balaban J connectivity index is 2.03. The number of nitrogens with zero attached hydrogens (tertiary/aromatic N) is 2. The van der Waals surface area contributed by atoms with Crippen LogP contribution < -0.4 is 0 Å². The van der Waals surface area contributed by atoms with Crippen molar-refractivity contribution >= 4 is 0 Å². The zero-order valence-electron chi connectivity index (χ0n) is 17.6. The Morgan fingerprint density at radius 3 is 1.64 bits per heavy atom. The molecule has 1 atom stereocenters. The summed E-state index contributed by atoms with van der Waals surface area (Å²) < 4.78 is 0. The summed E-state index contributed by atoms with van der Waals surface area (Å²) in [5.41, 5.74) is 0. The molecule has 0 fully saturated rings. The first-order valence-corrected chi connectivity index (χ1v) is 11.5. The normalized spacial score (nSPS) is 17.0. The largest absolute Gasteiger partial charge is 0.359 e. The van der Waals surface area contributed by atoms with Crippen molar-refractivity contribution < 1.29 is 0 Å². The Morgan fingerprint density at radius 2 is 1.08 bits per heavy atom. The summed E-state index contributed by atoms with van der Waals surface area (Å²) in [6.45, 7) is 5.84. The molecule has 0 aromatic carbocycles. The zero-order chi connectivity index (χ0) is 18.2. The molecular weight excluding hydrogens is 304 g/mol. The highest BCUT2D eigenvalue weighted by atomic mass is 15.4. The summed E-state index contributed by atoms with van der Waals surface area (Å²) in [5.74, 6) is 0. The van der Waals surface area contributed by atoms with Gasteiger partial charge in [-0.05, 0) is 19.3 Å². The second kappa shape index (κ2) is 15.6. The molecule has 1 aliphatic rings. The fourth-order valence-electron chi connectivity index (χ4n) is 3.93. The number of unbranched alkanes of at least 4 members (excludes halogenated alkanes) is 13. The van der Waals surface area contributed by atoms with Crippen molar-refractivity contribution in [2.24, 2.45) is 0 Å². The van der Waals surface area contributed by atoms with E-state index in [1.165, 1.54) is 109 Å². The van der Waals surface area contributed by atoms with E-state index in [-0.39, 0.29) is 0 Å². The average molecular weight is 351 g/mol. The highest BCUT2D eigenvalue weighted by Crippen LogP contribution is 2.21. The summed E-state index contributed by atoms with van der Waals surface area (Å²) in [6, 6.07) is 0. The summed E-state index contributed by atoms with van der Waals surface area (Å²) in [6.07, 6.45) is 27.7. The van der Waals surface area contributed by atoms with Gasteiger partial charge >= 0.3 is 0 Å². The van der Waals surface area contributed by atoms with Crippen LogP contribution in [-0.4, -0.2) is 29.6 Å². The Kier molecular flexibility index (Phi) is 14.0. The maximum atomic E-state index is 2.59. The fraction of sp³-hybridized carbons (Fsp3) is 0.913. The molecule has 0 N–H and O–H groups in total. The molecule has 0 bridgehead atoms. The van der Waals surface area contributed by atoms with Crippen LogP contribution in [-0.2, 0) is 0 Å². The van der Waals surface area contributed by atoms with Crippen LogP contribution in [0, 0.1) is 0 Å². The molecule has 0 aromatic heterocycles. The molecule has 0 spiro atoms. The van der Waals surface area contributed by atoms with Gasteiger partial charge < -0.3 is 9.80 Å². The van der Waals surface area contributed by atoms with E-state index < -0.39 is 0 Å². The van der Waals surface area contributed by atoms with Crippen LogP contribution in [0.15, 0.2) is 12.4 Å². The lowest BCUT2D eigenvalue weighted by Crippen LogP contribution is -2.37. The van der Waals surface area contributed by atoms with Crippen molar-refractivity contribution in [1.82, 2.24) is 9.80 Å². The fourth-order valence-corrected chi connectivity index (χ4v) is 3.93. The van der Waals surface area contributed by atoms with E-state index in [2.05, 4.69) is 43.1 Å². The summed E-state index contributed by atoms with van der Waals surface area (Å²) >= 11 is 0. The maximum Gasteiger partial charge on any atom is 0.100 e. The number of hydrogen-bond acceptors (Lipinski definition) is 2. The minimum Gasteiger partial charge on any atom is -0.359 e. The van der Waals surface area contributed by atoms with Crippen molar-refractivity contribution in [1.29, 1.82) is 0 Å². The van der Waals surface area contributed by atoms with Gasteiger partial charge in [0.25, 0.3) is 0 Å². The number of rotatable bonds is 17. The highest BCUT2D eigenvalue weighted by molar-refractivity contribution is 4.95. The lowest BCUT2D eigenvalue weighted by Gasteiger charge is -2.30. The van der Waals surface area contributed by atoms with Crippen LogP contribution in [0.5, 0.6) is 0 Å². The zero-order valence-corrected chi connectivity index (χ0v) is 17.6. The molecule has 1 rings (SSSR count). The second-order valence-corrected chi connectivity index (χ2v) is 8.07.